The Labute approximate surface area is 179 Å². The zero-order chi connectivity index (χ0) is 21.2. The van der Waals surface area contributed by atoms with Crippen molar-refractivity contribution in [2.45, 2.75) is 104 Å². The highest BCUT2D eigenvalue weighted by Crippen LogP contribution is 2.60. The zero-order valence-electron chi connectivity index (χ0n) is 19.3. The lowest BCUT2D eigenvalue weighted by Gasteiger charge is -2.45. The standard InChI is InChI=1S/C27H44O2/c1-18(2)8-15-26(29)20(4)24-13-14-25-21(7-6-16-27(24,25)5)10-11-22-17-23(28)12-9-19(22)3/h10-11,18,20,23-26,28-29H,3,6-9,12-17H2,1-2,4-5H3/b21-10?,22-11-/t20-,23-,24+,25?,26?,27+/m0/s1. The molecule has 3 aliphatic rings. The summed E-state index contributed by atoms with van der Waals surface area (Å²) in [5.74, 6) is 2.32. The Hall–Kier alpha value is -0.860. The van der Waals surface area contributed by atoms with Crippen molar-refractivity contribution < 1.29 is 10.2 Å². The van der Waals surface area contributed by atoms with E-state index >= 15 is 0 Å². The number of aliphatic hydroxyl groups excluding tert-OH is 2. The molecule has 6 atom stereocenters. The van der Waals surface area contributed by atoms with Gasteiger partial charge in [0.2, 0.25) is 0 Å². The first-order valence-electron chi connectivity index (χ1n) is 12.2. The fourth-order valence-corrected chi connectivity index (χ4v) is 6.57. The Morgan fingerprint density at radius 2 is 1.86 bits per heavy atom. The van der Waals surface area contributed by atoms with Gasteiger partial charge in [0.15, 0.2) is 0 Å². The molecule has 2 nitrogen and oxygen atoms in total. The topological polar surface area (TPSA) is 40.5 Å². The fraction of sp³-hybridized carbons (Fsp3) is 0.778. The summed E-state index contributed by atoms with van der Waals surface area (Å²) in [6.45, 7) is 13.5. The predicted octanol–water partition coefficient (Wildman–Crippen LogP) is 6.59. The van der Waals surface area contributed by atoms with Gasteiger partial charge in [-0.3, -0.25) is 0 Å². The van der Waals surface area contributed by atoms with Crippen LogP contribution in [0.3, 0.4) is 0 Å². The van der Waals surface area contributed by atoms with E-state index in [0.717, 1.165) is 32.1 Å². The molecule has 3 aliphatic carbocycles. The first kappa shape index (κ1) is 22.8. The third-order valence-electron chi connectivity index (χ3n) is 8.51. The van der Waals surface area contributed by atoms with Crippen LogP contribution in [0.2, 0.25) is 0 Å². The Bertz CT molecular complexity index is 643. The second kappa shape index (κ2) is 9.52. The molecule has 3 fully saturated rings. The summed E-state index contributed by atoms with van der Waals surface area (Å²) in [5.41, 5.74) is 4.38. The van der Waals surface area contributed by atoms with Crippen molar-refractivity contribution in [1.29, 1.82) is 0 Å². The van der Waals surface area contributed by atoms with Crippen molar-refractivity contribution in [2.24, 2.45) is 29.1 Å². The molecule has 3 rings (SSSR count). The van der Waals surface area contributed by atoms with E-state index in [1.54, 1.807) is 5.57 Å². The molecule has 0 heterocycles. The molecule has 0 aromatic heterocycles. The van der Waals surface area contributed by atoms with Crippen LogP contribution in [0.15, 0.2) is 35.5 Å². The molecule has 0 spiro atoms. The minimum absolute atomic E-state index is 0.165. The first-order chi connectivity index (χ1) is 13.7. The summed E-state index contributed by atoms with van der Waals surface area (Å²) < 4.78 is 0. The van der Waals surface area contributed by atoms with Gasteiger partial charge >= 0.3 is 0 Å². The Morgan fingerprint density at radius 1 is 1.10 bits per heavy atom. The number of hydrogen-bond acceptors (Lipinski definition) is 2. The molecule has 0 aromatic rings. The van der Waals surface area contributed by atoms with Gasteiger partial charge < -0.3 is 10.2 Å². The van der Waals surface area contributed by atoms with E-state index in [4.69, 9.17) is 0 Å². The van der Waals surface area contributed by atoms with E-state index in [1.807, 2.05) is 0 Å². The molecular formula is C27H44O2. The highest BCUT2D eigenvalue weighted by Gasteiger charge is 2.51. The van der Waals surface area contributed by atoms with Crippen LogP contribution in [0.1, 0.15) is 91.9 Å². The summed E-state index contributed by atoms with van der Waals surface area (Å²) in [6.07, 6.45) is 15.1. The van der Waals surface area contributed by atoms with Gasteiger partial charge in [-0.25, -0.2) is 0 Å². The summed E-state index contributed by atoms with van der Waals surface area (Å²) in [4.78, 5) is 0. The van der Waals surface area contributed by atoms with Crippen LogP contribution in [0, 0.1) is 29.1 Å². The second-order valence-electron chi connectivity index (χ2n) is 10.9. The average Bonchev–Trinajstić information content (AvgIpc) is 3.03. The molecule has 0 saturated heterocycles. The maximum Gasteiger partial charge on any atom is 0.0583 e. The number of allylic oxidation sites excluding steroid dienone is 4. The third-order valence-corrected chi connectivity index (χ3v) is 8.51. The monoisotopic (exact) mass is 400 g/mol. The molecule has 0 radical (unpaired) electrons. The number of hydrogen-bond donors (Lipinski definition) is 2. The highest BCUT2D eigenvalue weighted by molar-refractivity contribution is 5.36. The molecule has 0 amide bonds. The molecule has 164 valence electrons. The molecule has 0 aromatic carbocycles. The zero-order valence-corrected chi connectivity index (χ0v) is 19.3. The summed E-state index contributed by atoms with van der Waals surface area (Å²) in [5, 5.41) is 20.9. The van der Waals surface area contributed by atoms with Crippen molar-refractivity contribution in [2.75, 3.05) is 0 Å². The minimum Gasteiger partial charge on any atom is -0.393 e. The Balaban J connectivity index is 1.73. The lowest BCUT2D eigenvalue weighted by molar-refractivity contribution is 0.0147. The van der Waals surface area contributed by atoms with E-state index in [1.165, 1.54) is 43.3 Å². The maximum atomic E-state index is 10.9. The van der Waals surface area contributed by atoms with Gasteiger partial charge in [-0.15, -0.1) is 0 Å². The van der Waals surface area contributed by atoms with Crippen LogP contribution >= 0.6 is 0 Å². The van der Waals surface area contributed by atoms with Gasteiger partial charge in [-0.1, -0.05) is 57.6 Å². The smallest absolute Gasteiger partial charge is 0.0583 e. The summed E-state index contributed by atoms with van der Waals surface area (Å²) in [7, 11) is 0. The van der Waals surface area contributed by atoms with E-state index in [2.05, 4.69) is 46.4 Å². The first-order valence-corrected chi connectivity index (χ1v) is 12.2. The average molecular weight is 401 g/mol. The van der Waals surface area contributed by atoms with Gasteiger partial charge in [0.05, 0.1) is 12.2 Å². The number of rotatable bonds is 6. The van der Waals surface area contributed by atoms with Gasteiger partial charge in [-0.2, -0.15) is 0 Å². The van der Waals surface area contributed by atoms with E-state index < -0.39 is 0 Å². The molecular weight excluding hydrogens is 356 g/mol. The van der Waals surface area contributed by atoms with Crippen molar-refractivity contribution >= 4 is 0 Å². The normalized spacial score (nSPS) is 37.9. The molecule has 2 N–H and O–H groups in total. The van der Waals surface area contributed by atoms with E-state index in [-0.39, 0.29) is 12.2 Å². The number of aliphatic hydroxyl groups is 2. The van der Waals surface area contributed by atoms with Crippen molar-refractivity contribution in [1.82, 2.24) is 0 Å². The Kier molecular flexibility index (Phi) is 7.49. The lowest BCUT2D eigenvalue weighted by Crippen LogP contribution is -2.39. The SMILES string of the molecule is C=C1CC[C@H](O)C/C1=C/C=C1CCC[C@@]2(C)C1CC[C@@H]2[C@H](C)C(O)CCC(C)C. The van der Waals surface area contributed by atoms with Crippen molar-refractivity contribution in [3.05, 3.63) is 35.5 Å². The molecule has 2 unspecified atom stereocenters. The fourth-order valence-electron chi connectivity index (χ4n) is 6.57. The molecule has 0 bridgehead atoms. The minimum atomic E-state index is -0.203. The van der Waals surface area contributed by atoms with E-state index in [9.17, 15) is 10.2 Å². The highest BCUT2D eigenvalue weighted by atomic mass is 16.3. The molecule has 29 heavy (non-hydrogen) atoms. The van der Waals surface area contributed by atoms with Gasteiger partial charge in [-0.05, 0) is 98.9 Å². The predicted molar refractivity (Wildman–Crippen MR) is 123 cm³/mol. The van der Waals surface area contributed by atoms with Crippen molar-refractivity contribution in [3.63, 3.8) is 0 Å². The van der Waals surface area contributed by atoms with Crippen molar-refractivity contribution in [3.8, 4) is 0 Å². The summed E-state index contributed by atoms with van der Waals surface area (Å²) in [6, 6.07) is 0. The van der Waals surface area contributed by atoms with Gasteiger partial charge in [0.25, 0.3) is 0 Å². The van der Waals surface area contributed by atoms with Crippen LogP contribution < -0.4 is 0 Å². The van der Waals surface area contributed by atoms with Gasteiger partial charge in [0, 0.05) is 0 Å². The molecule has 0 aliphatic heterocycles. The quantitative estimate of drug-likeness (QED) is 0.528. The maximum absolute atomic E-state index is 10.9. The molecule has 3 saturated carbocycles. The Morgan fingerprint density at radius 3 is 2.59 bits per heavy atom. The van der Waals surface area contributed by atoms with E-state index in [0.29, 0.717) is 29.1 Å². The third kappa shape index (κ3) is 5.07. The van der Waals surface area contributed by atoms with Crippen LogP contribution in [0.4, 0.5) is 0 Å². The number of fused-ring (bicyclic) bond motifs is 1. The lowest BCUT2D eigenvalue weighted by atomic mass is 9.60. The van der Waals surface area contributed by atoms with Crippen LogP contribution in [-0.2, 0) is 0 Å². The van der Waals surface area contributed by atoms with Crippen LogP contribution in [0.5, 0.6) is 0 Å². The van der Waals surface area contributed by atoms with Crippen LogP contribution in [-0.4, -0.2) is 22.4 Å². The largest absolute Gasteiger partial charge is 0.393 e. The summed E-state index contributed by atoms with van der Waals surface area (Å²) >= 11 is 0. The van der Waals surface area contributed by atoms with Crippen LogP contribution in [0.25, 0.3) is 0 Å². The molecule has 2 heteroatoms. The van der Waals surface area contributed by atoms with Gasteiger partial charge in [0.1, 0.15) is 0 Å². The second-order valence-corrected chi connectivity index (χ2v) is 10.9.